The van der Waals surface area contributed by atoms with Crippen molar-refractivity contribution in [3.05, 3.63) is 72.4 Å². The number of carbonyl (C=O) groups is 2. The van der Waals surface area contributed by atoms with Crippen LogP contribution in [0.3, 0.4) is 0 Å². The maximum Gasteiger partial charge on any atom is 0.407 e. The van der Waals surface area contributed by atoms with Gasteiger partial charge in [0.15, 0.2) is 0 Å². The summed E-state index contributed by atoms with van der Waals surface area (Å²) in [7, 11) is 0. The molecule has 32 heavy (non-hydrogen) atoms. The zero-order valence-corrected chi connectivity index (χ0v) is 17.1. The van der Waals surface area contributed by atoms with Gasteiger partial charge in [-0.3, -0.25) is 4.79 Å². The van der Waals surface area contributed by atoms with E-state index in [2.05, 4.69) is 10.3 Å². The highest BCUT2D eigenvalue weighted by atomic mass is 16.5. The van der Waals surface area contributed by atoms with Crippen LogP contribution >= 0.6 is 0 Å². The predicted molar refractivity (Wildman–Crippen MR) is 117 cm³/mol. The van der Waals surface area contributed by atoms with E-state index in [-0.39, 0.29) is 17.5 Å². The van der Waals surface area contributed by atoms with Crippen LogP contribution in [0, 0.1) is 0 Å². The fourth-order valence-corrected chi connectivity index (χ4v) is 3.39. The molecule has 1 saturated heterocycles. The highest BCUT2D eigenvalue weighted by Crippen LogP contribution is 2.29. The van der Waals surface area contributed by atoms with Crippen LogP contribution in [0.1, 0.15) is 16.8 Å². The first-order valence-corrected chi connectivity index (χ1v) is 10.0. The average Bonchev–Trinajstić information content (AvgIpc) is 3.26. The largest absolute Gasteiger partial charge is 0.465 e. The predicted octanol–water partition coefficient (Wildman–Crippen LogP) is 3.93. The number of amides is 2. The number of primary amides is 1. The molecule has 0 bridgehead atoms. The number of nitrogens with one attached hydrogen (secondary N) is 1. The van der Waals surface area contributed by atoms with Gasteiger partial charge in [-0.25, -0.2) is 9.78 Å². The summed E-state index contributed by atoms with van der Waals surface area (Å²) in [6.07, 6.45) is 1.24. The number of carbonyl (C=O) groups excluding carboxylic acids is 1. The van der Waals surface area contributed by atoms with Crippen LogP contribution in [0.25, 0.3) is 0 Å². The number of hydrogen-bond donors (Lipinski definition) is 3. The van der Waals surface area contributed by atoms with Crippen molar-refractivity contribution in [3.8, 4) is 23.1 Å². The van der Waals surface area contributed by atoms with Crippen molar-refractivity contribution in [2.45, 2.75) is 12.5 Å². The highest BCUT2D eigenvalue weighted by Gasteiger charge is 2.26. The van der Waals surface area contributed by atoms with E-state index in [1.165, 1.54) is 11.1 Å². The highest BCUT2D eigenvalue weighted by molar-refractivity contribution is 5.96. The molecule has 0 saturated carbocycles. The zero-order chi connectivity index (χ0) is 22.5. The summed E-state index contributed by atoms with van der Waals surface area (Å²) in [6.45, 7) is 0.811. The summed E-state index contributed by atoms with van der Waals surface area (Å²) in [5.74, 6) is 1.22. The van der Waals surface area contributed by atoms with Crippen molar-refractivity contribution >= 4 is 17.7 Å². The maximum absolute atomic E-state index is 12.0. The number of ether oxygens (including phenoxy) is 2. The molecule has 9 heteroatoms. The molecule has 1 aliphatic heterocycles. The van der Waals surface area contributed by atoms with Crippen LogP contribution in [0.4, 0.5) is 10.5 Å². The summed E-state index contributed by atoms with van der Waals surface area (Å²) >= 11 is 0. The molecule has 4 rings (SSSR count). The summed E-state index contributed by atoms with van der Waals surface area (Å²) in [5, 5.41) is 12.3. The van der Waals surface area contributed by atoms with Gasteiger partial charge in [0, 0.05) is 19.1 Å². The number of hydrogen-bond acceptors (Lipinski definition) is 6. The third-order valence-corrected chi connectivity index (χ3v) is 4.96. The van der Waals surface area contributed by atoms with Gasteiger partial charge in [0.05, 0.1) is 11.9 Å². The molecule has 0 spiro atoms. The summed E-state index contributed by atoms with van der Waals surface area (Å²) in [5.41, 5.74) is 6.21. The lowest BCUT2D eigenvalue weighted by molar-refractivity contribution is 0.0997. The molecule has 0 aliphatic carbocycles. The Bertz CT molecular complexity index is 1110. The summed E-state index contributed by atoms with van der Waals surface area (Å²) in [6, 6.07) is 17.8. The number of nitrogens with two attached hydrogens (primary N) is 1. The van der Waals surface area contributed by atoms with E-state index in [0.717, 1.165) is 5.75 Å². The molecule has 1 unspecified atom stereocenters. The van der Waals surface area contributed by atoms with Crippen molar-refractivity contribution in [2.24, 2.45) is 5.73 Å². The van der Waals surface area contributed by atoms with Crippen LogP contribution in [0.2, 0.25) is 0 Å². The number of para-hydroxylation sites is 1. The second-order valence-electron chi connectivity index (χ2n) is 7.29. The smallest absolute Gasteiger partial charge is 0.407 e. The molecule has 1 fully saturated rings. The van der Waals surface area contributed by atoms with Crippen molar-refractivity contribution < 1.29 is 24.2 Å². The number of anilines is 1. The molecule has 4 N–H and O–H groups in total. The van der Waals surface area contributed by atoms with E-state index in [9.17, 15) is 9.59 Å². The summed E-state index contributed by atoms with van der Waals surface area (Å²) in [4.78, 5) is 28.6. The Hall–Kier alpha value is -4.27. The molecule has 1 aliphatic rings. The van der Waals surface area contributed by atoms with Gasteiger partial charge in [0.2, 0.25) is 5.88 Å². The molecule has 164 valence electrons. The first-order chi connectivity index (χ1) is 15.5. The topological polar surface area (TPSA) is 127 Å². The van der Waals surface area contributed by atoms with Crippen LogP contribution in [-0.4, -0.2) is 46.1 Å². The number of likely N-dealkylation sites (tertiary alicyclic amines) is 1. The van der Waals surface area contributed by atoms with E-state index < -0.39 is 12.0 Å². The average molecular weight is 434 g/mol. The van der Waals surface area contributed by atoms with Gasteiger partial charge in [-0.2, -0.15) is 0 Å². The molecule has 1 atom stereocenters. The lowest BCUT2D eigenvalue weighted by atomic mass is 10.2. The van der Waals surface area contributed by atoms with Crippen molar-refractivity contribution in [3.63, 3.8) is 0 Å². The number of pyridine rings is 1. The molecule has 1 aromatic heterocycles. The monoisotopic (exact) mass is 434 g/mol. The minimum atomic E-state index is -0.950. The van der Waals surface area contributed by atoms with Gasteiger partial charge in [0.25, 0.3) is 5.91 Å². The van der Waals surface area contributed by atoms with Gasteiger partial charge in [-0.05, 0) is 48.9 Å². The van der Waals surface area contributed by atoms with Gasteiger partial charge < -0.3 is 30.5 Å². The van der Waals surface area contributed by atoms with Crippen molar-refractivity contribution in [2.75, 3.05) is 18.4 Å². The molecule has 2 aromatic carbocycles. The van der Waals surface area contributed by atoms with Crippen molar-refractivity contribution in [1.82, 2.24) is 9.88 Å². The third kappa shape index (κ3) is 5.07. The van der Waals surface area contributed by atoms with E-state index in [1.807, 2.05) is 30.3 Å². The fourth-order valence-electron chi connectivity index (χ4n) is 3.39. The number of nitrogens with zero attached hydrogens (tertiary/aromatic N) is 2. The number of aromatic nitrogens is 1. The Balaban J connectivity index is 1.44. The SMILES string of the molecule is NC(=O)c1cc(NC2CCN(C(=O)O)C2)cnc1Oc1ccc(Oc2ccccc2)cc1. The molecule has 3 aromatic rings. The Labute approximate surface area is 184 Å². The molecule has 2 amide bonds. The third-order valence-electron chi connectivity index (χ3n) is 4.96. The molecular formula is C23H22N4O5. The normalized spacial score (nSPS) is 15.2. The fraction of sp³-hybridized carbons (Fsp3) is 0.174. The second-order valence-corrected chi connectivity index (χ2v) is 7.29. The van der Waals surface area contributed by atoms with Crippen LogP contribution in [0.5, 0.6) is 23.1 Å². The standard InChI is InChI=1S/C23H22N4O5/c24-21(28)20-12-16(26-15-10-11-27(14-15)23(29)30)13-25-22(20)32-19-8-6-18(7-9-19)31-17-4-2-1-3-5-17/h1-9,12-13,15,26H,10-11,14H2,(H2,24,28)(H,29,30). The summed E-state index contributed by atoms with van der Waals surface area (Å²) < 4.78 is 11.5. The Kier molecular flexibility index (Phi) is 6.07. The Morgan fingerprint density at radius 3 is 2.31 bits per heavy atom. The van der Waals surface area contributed by atoms with E-state index in [4.69, 9.17) is 20.3 Å². The number of rotatable bonds is 7. The lowest BCUT2D eigenvalue weighted by Crippen LogP contribution is -2.30. The van der Waals surface area contributed by atoms with Gasteiger partial charge in [-0.15, -0.1) is 0 Å². The van der Waals surface area contributed by atoms with Gasteiger partial charge in [-0.1, -0.05) is 18.2 Å². The lowest BCUT2D eigenvalue weighted by Gasteiger charge is -2.16. The Morgan fingerprint density at radius 1 is 1.03 bits per heavy atom. The van der Waals surface area contributed by atoms with E-state index in [0.29, 0.717) is 36.7 Å². The Morgan fingerprint density at radius 2 is 1.69 bits per heavy atom. The second kappa shape index (κ2) is 9.25. The van der Waals surface area contributed by atoms with Crippen LogP contribution < -0.4 is 20.5 Å². The first-order valence-electron chi connectivity index (χ1n) is 10.0. The molecular weight excluding hydrogens is 412 g/mol. The number of benzene rings is 2. The van der Waals surface area contributed by atoms with Gasteiger partial charge >= 0.3 is 6.09 Å². The zero-order valence-electron chi connectivity index (χ0n) is 17.1. The van der Waals surface area contributed by atoms with E-state index in [1.54, 1.807) is 30.3 Å². The maximum atomic E-state index is 12.0. The molecule has 2 heterocycles. The molecule has 0 radical (unpaired) electrons. The quantitative estimate of drug-likeness (QED) is 0.514. The first kappa shape index (κ1) is 21.0. The van der Waals surface area contributed by atoms with Crippen LogP contribution in [0.15, 0.2) is 66.9 Å². The van der Waals surface area contributed by atoms with E-state index >= 15 is 0 Å². The number of carboxylic acid groups (broad SMARTS) is 1. The van der Waals surface area contributed by atoms with Gasteiger partial charge in [0.1, 0.15) is 22.8 Å². The van der Waals surface area contributed by atoms with Crippen molar-refractivity contribution in [1.29, 1.82) is 0 Å². The molecule has 9 nitrogen and oxygen atoms in total. The minimum Gasteiger partial charge on any atom is -0.465 e. The minimum absolute atomic E-state index is 0.0717. The van der Waals surface area contributed by atoms with Crippen LogP contribution in [-0.2, 0) is 0 Å².